The third-order valence-electron chi connectivity index (χ3n) is 1.44. The van der Waals surface area contributed by atoms with Crippen LogP contribution in [0.1, 0.15) is 11.6 Å². The Morgan fingerprint density at radius 3 is 2.58 bits per heavy atom. The first kappa shape index (κ1) is 11.3. The topological polar surface area (TPSA) is 26.0 Å². The third-order valence-corrected chi connectivity index (χ3v) is 1.44. The van der Waals surface area contributed by atoms with Crippen LogP contribution in [0.3, 0.4) is 0 Å². The standard InChI is InChI=1S/C8H9F2N.ClH/c9-5-8(11)6-2-1-3-7(10)4-6;/h1-4,8H,5,11H2;1H. The van der Waals surface area contributed by atoms with E-state index in [9.17, 15) is 8.78 Å². The van der Waals surface area contributed by atoms with E-state index >= 15 is 0 Å². The number of hydrogen-bond acceptors (Lipinski definition) is 1. The van der Waals surface area contributed by atoms with Crippen LogP contribution in [0.5, 0.6) is 0 Å². The average molecular weight is 194 g/mol. The van der Waals surface area contributed by atoms with Crippen molar-refractivity contribution in [3.63, 3.8) is 0 Å². The Labute approximate surface area is 76.0 Å². The molecule has 1 aromatic rings. The second-order valence-electron chi connectivity index (χ2n) is 2.32. The number of benzene rings is 1. The van der Waals surface area contributed by atoms with E-state index in [1.165, 1.54) is 18.2 Å². The summed E-state index contributed by atoms with van der Waals surface area (Å²) >= 11 is 0. The first-order valence-electron chi connectivity index (χ1n) is 3.31. The number of alkyl halides is 1. The molecule has 1 unspecified atom stereocenters. The lowest BCUT2D eigenvalue weighted by atomic mass is 10.1. The molecule has 0 fully saturated rings. The zero-order valence-corrected chi connectivity index (χ0v) is 7.15. The minimum absolute atomic E-state index is 0. The molecule has 0 bridgehead atoms. The first-order chi connectivity index (χ1) is 5.24. The molecular weight excluding hydrogens is 184 g/mol. The van der Waals surface area contributed by atoms with Crippen molar-refractivity contribution in [3.05, 3.63) is 35.6 Å². The molecule has 4 heteroatoms. The van der Waals surface area contributed by atoms with Crippen molar-refractivity contribution in [3.8, 4) is 0 Å². The van der Waals surface area contributed by atoms with Crippen LogP contribution in [0, 0.1) is 5.82 Å². The van der Waals surface area contributed by atoms with E-state index in [1.54, 1.807) is 6.07 Å². The number of halogens is 3. The Morgan fingerprint density at radius 1 is 1.42 bits per heavy atom. The van der Waals surface area contributed by atoms with Gasteiger partial charge in [0.2, 0.25) is 0 Å². The number of nitrogens with two attached hydrogens (primary N) is 1. The lowest BCUT2D eigenvalue weighted by Gasteiger charge is -2.05. The quantitative estimate of drug-likeness (QED) is 0.766. The summed E-state index contributed by atoms with van der Waals surface area (Å²) in [7, 11) is 0. The van der Waals surface area contributed by atoms with Gasteiger partial charge in [0, 0.05) is 0 Å². The molecule has 1 aromatic carbocycles. The van der Waals surface area contributed by atoms with Crippen LogP contribution in [-0.2, 0) is 0 Å². The smallest absolute Gasteiger partial charge is 0.123 e. The fourth-order valence-corrected chi connectivity index (χ4v) is 0.826. The van der Waals surface area contributed by atoms with E-state index < -0.39 is 12.7 Å². The van der Waals surface area contributed by atoms with Gasteiger partial charge < -0.3 is 5.73 Å². The van der Waals surface area contributed by atoms with Crippen molar-refractivity contribution < 1.29 is 8.78 Å². The van der Waals surface area contributed by atoms with Crippen LogP contribution in [0.15, 0.2) is 24.3 Å². The molecule has 0 spiro atoms. The normalized spacial score (nSPS) is 11.9. The largest absolute Gasteiger partial charge is 0.322 e. The summed E-state index contributed by atoms with van der Waals surface area (Å²) in [5.74, 6) is -0.383. The number of rotatable bonds is 2. The van der Waals surface area contributed by atoms with Gasteiger partial charge in [0.15, 0.2) is 0 Å². The minimum Gasteiger partial charge on any atom is -0.322 e. The van der Waals surface area contributed by atoms with Gasteiger partial charge in [0.1, 0.15) is 12.5 Å². The van der Waals surface area contributed by atoms with Crippen molar-refractivity contribution in [2.75, 3.05) is 6.67 Å². The van der Waals surface area contributed by atoms with Gasteiger partial charge in [-0.25, -0.2) is 8.78 Å². The minimum atomic E-state index is -0.703. The van der Waals surface area contributed by atoms with Crippen LogP contribution in [0.2, 0.25) is 0 Å². The van der Waals surface area contributed by atoms with Gasteiger partial charge in [-0.3, -0.25) is 0 Å². The van der Waals surface area contributed by atoms with Crippen molar-refractivity contribution in [2.24, 2.45) is 5.73 Å². The van der Waals surface area contributed by atoms with Crippen molar-refractivity contribution in [1.82, 2.24) is 0 Å². The Morgan fingerprint density at radius 2 is 2.08 bits per heavy atom. The molecule has 0 aliphatic carbocycles. The summed E-state index contributed by atoms with van der Waals surface area (Å²) in [5, 5.41) is 0. The second kappa shape index (κ2) is 5.06. The Kier molecular flexibility index (Phi) is 4.78. The molecule has 12 heavy (non-hydrogen) atoms. The van der Waals surface area contributed by atoms with E-state index in [-0.39, 0.29) is 18.2 Å². The molecule has 0 saturated heterocycles. The maximum absolute atomic E-state index is 12.5. The summed E-state index contributed by atoms with van der Waals surface area (Å²) in [6.45, 7) is -0.663. The van der Waals surface area contributed by atoms with Crippen LogP contribution in [-0.4, -0.2) is 6.67 Å². The SMILES string of the molecule is Cl.NC(CF)c1cccc(F)c1. The van der Waals surface area contributed by atoms with Gasteiger partial charge in [-0.1, -0.05) is 12.1 Å². The summed E-state index contributed by atoms with van der Waals surface area (Å²) in [6, 6.07) is 4.96. The van der Waals surface area contributed by atoms with Gasteiger partial charge in [-0.15, -0.1) is 12.4 Å². The molecule has 0 heterocycles. The average Bonchev–Trinajstić information content (AvgIpc) is 2.03. The summed E-state index contributed by atoms with van der Waals surface area (Å²) in [4.78, 5) is 0. The molecule has 0 radical (unpaired) electrons. The molecule has 0 aliphatic heterocycles. The van der Waals surface area contributed by atoms with E-state index in [1.807, 2.05) is 0 Å². The lowest BCUT2D eigenvalue weighted by molar-refractivity contribution is 0.436. The molecule has 68 valence electrons. The third kappa shape index (κ3) is 2.75. The molecule has 0 amide bonds. The van der Waals surface area contributed by atoms with Gasteiger partial charge in [0.05, 0.1) is 6.04 Å². The lowest BCUT2D eigenvalue weighted by Crippen LogP contribution is -2.11. The predicted octanol–water partition coefficient (Wildman–Crippen LogP) is 2.22. The number of hydrogen-bond donors (Lipinski definition) is 1. The second-order valence-corrected chi connectivity index (χ2v) is 2.32. The van der Waals surface area contributed by atoms with E-state index in [2.05, 4.69) is 0 Å². The van der Waals surface area contributed by atoms with Crippen LogP contribution >= 0.6 is 12.4 Å². The van der Waals surface area contributed by atoms with Gasteiger partial charge >= 0.3 is 0 Å². The summed E-state index contributed by atoms with van der Waals surface area (Å²) < 4.78 is 24.4. The van der Waals surface area contributed by atoms with Gasteiger partial charge in [0.25, 0.3) is 0 Å². The summed E-state index contributed by atoms with van der Waals surface area (Å²) in [6.07, 6.45) is 0. The van der Waals surface area contributed by atoms with Crippen molar-refractivity contribution in [2.45, 2.75) is 6.04 Å². The van der Waals surface area contributed by atoms with Crippen molar-refractivity contribution >= 4 is 12.4 Å². The highest BCUT2D eigenvalue weighted by atomic mass is 35.5. The van der Waals surface area contributed by atoms with Gasteiger partial charge in [-0.05, 0) is 17.7 Å². The molecule has 0 aromatic heterocycles. The van der Waals surface area contributed by atoms with Gasteiger partial charge in [-0.2, -0.15) is 0 Å². The zero-order chi connectivity index (χ0) is 8.27. The summed E-state index contributed by atoms with van der Waals surface area (Å²) in [5.41, 5.74) is 5.81. The Hall–Kier alpha value is -0.670. The molecular formula is C8H10ClF2N. The molecule has 0 aliphatic rings. The van der Waals surface area contributed by atoms with E-state index in [4.69, 9.17) is 5.73 Å². The van der Waals surface area contributed by atoms with Crippen molar-refractivity contribution in [1.29, 1.82) is 0 Å². The Balaban J connectivity index is 0.00000121. The molecule has 1 atom stereocenters. The highest BCUT2D eigenvalue weighted by Gasteiger charge is 2.04. The van der Waals surface area contributed by atoms with Crippen LogP contribution < -0.4 is 5.73 Å². The van der Waals surface area contributed by atoms with E-state index in [0.717, 1.165) is 0 Å². The zero-order valence-electron chi connectivity index (χ0n) is 6.34. The fraction of sp³-hybridized carbons (Fsp3) is 0.250. The highest BCUT2D eigenvalue weighted by molar-refractivity contribution is 5.85. The van der Waals surface area contributed by atoms with Crippen LogP contribution in [0.4, 0.5) is 8.78 Å². The fourth-order valence-electron chi connectivity index (χ4n) is 0.826. The predicted molar refractivity (Wildman–Crippen MR) is 46.6 cm³/mol. The molecule has 2 N–H and O–H groups in total. The first-order valence-corrected chi connectivity index (χ1v) is 3.31. The molecule has 1 nitrogen and oxygen atoms in total. The maximum Gasteiger partial charge on any atom is 0.123 e. The molecule has 1 rings (SSSR count). The maximum atomic E-state index is 12.5. The van der Waals surface area contributed by atoms with Crippen LogP contribution in [0.25, 0.3) is 0 Å². The van der Waals surface area contributed by atoms with E-state index in [0.29, 0.717) is 5.56 Å². The highest BCUT2D eigenvalue weighted by Crippen LogP contribution is 2.11. The molecule has 0 saturated carbocycles. The Bertz CT molecular complexity index is 242. The monoisotopic (exact) mass is 193 g/mol.